The van der Waals surface area contributed by atoms with Gasteiger partial charge in [0.1, 0.15) is 4.88 Å². The van der Waals surface area contributed by atoms with E-state index in [-0.39, 0.29) is 11.8 Å². The molecule has 126 valence electrons. The Morgan fingerprint density at radius 3 is 2.00 bits per heavy atom. The van der Waals surface area contributed by atoms with Crippen LogP contribution in [0.4, 0.5) is 0 Å². The van der Waals surface area contributed by atoms with Gasteiger partial charge in [-0.3, -0.25) is 9.59 Å². The first-order valence-electron chi connectivity index (χ1n) is 7.28. The van der Waals surface area contributed by atoms with Crippen LogP contribution in [0.1, 0.15) is 37.4 Å². The Kier molecular flexibility index (Phi) is 6.08. The predicted molar refractivity (Wildman–Crippen MR) is 90.8 cm³/mol. The lowest BCUT2D eigenvalue weighted by Crippen LogP contribution is -2.22. The Bertz CT molecular complexity index is 737. The van der Waals surface area contributed by atoms with Crippen LogP contribution in [0.3, 0.4) is 0 Å². The van der Waals surface area contributed by atoms with E-state index >= 15 is 0 Å². The normalized spacial score (nSPS) is 10.1. The van der Waals surface area contributed by atoms with Gasteiger partial charge in [0, 0.05) is 20.0 Å². The largest absolute Gasteiger partial charge is 0.465 e. The molecular weight excluding hydrogens is 328 g/mol. The summed E-state index contributed by atoms with van der Waals surface area (Å²) in [5, 5.41) is 5.53. The number of ether oxygens (including phenoxy) is 1. The highest BCUT2D eigenvalue weighted by Gasteiger charge is 2.13. The van der Waals surface area contributed by atoms with Gasteiger partial charge >= 0.3 is 5.97 Å². The quantitative estimate of drug-likeness (QED) is 0.785. The number of carbonyl (C=O) groups excluding carboxylic acids is 3. The second-order valence-electron chi connectivity index (χ2n) is 5.06. The van der Waals surface area contributed by atoms with Crippen LogP contribution in [0.5, 0.6) is 0 Å². The Hall–Kier alpha value is -2.67. The van der Waals surface area contributed by atoms with E-state index in [0.29, 0.717) is 22.8 Å². The Labute approximate surface area is 143 Å². The minimum atomic E-state index is -0.450. The molecule has 0 saturated heterocycles. The molecule has 0 aliphatic rings. The second kappa shape index (κ2) is 8.26. The molecule has 0 bridgehead atoms. The number of amides is 2. The van der Waals surface area contributed by atoms with Crippen molar-refractivity contribution in [1.29, 1.82) is 0 Å². The van der Waals surface area contributed by atoms with Crippen LogP contribution in [-0.4, -0.2) is 24.9 Å². The van der Waals surface area contributed by atoms with Crippen molar-refractivity contribution in [2.75, 3.05) is 7.11 Å². The molecule has 0 radical (unpaired) electrons. The van der Waals surface area contributed by atoms with Crippen molar-refractivity contribution < 1.29 is 19.1 Å². The Balaban J connectivity index is 1.88. The van der Waals surface area contributed by atoms with Crippen molar-refractivity contribution >= 4 is 29.1 Å². The number of rotatable bonds is 6. The van der Waals surface area contributed by atoms with Crippen LogP contribution in [0.15, 0.2) is 36.4 Å². The molecule has 1 heterocycles. The number of carbonyl (C=O) groups is 3. The molecule has 0 spiro atoms. The minimum absolute atomic E-state index is 0.0754. The van der Waals surface area contributed by atoms with Crippen LogP contribution in [-0.2, 0) is 22.6 Å². The van der Waals surface area contributed by atoms with E-state index in [1.807, 2.05) is 24.3 Å². The van der Waals surface area contributed by atoms with Crippen molar-refractivity contribution in [3.8, 4) is 0 Å². The molecular formula is C17H18N2O4S. The first-order chi connectivity index (χ1) is 11.5. The van der Waals surface area contributed by atoms with Gasteiger partial charge < -0.3 is 15.4 Å². The fourth-order valence-corrected chi connectivity index (χ4v) is 2.78. The number of hydrogen-bond acceptors (Lipinski definition) is 5. The van der Waals surface area contributed by atoms with Crippen molar-refractivity contribution in [2.45, 2.75) is 20.0 Å². The van der Waals surface area contributed by atoms with Gasteiger partial charge in [0.15, 0.2) is 0 Å². The molecule has 2 rings (SSSR count). The highest BCUT2D eigenvalue weighted by molar-refractivity contribution is 7.15. The maximum Gasteiger partial charge on any atom is 0.348 e. The molecule has 0 unspecified atom stereocenters. The highest BCUT2D eigenvalue weighted by atomic mass is 32.1. The molecule has 24 heavy (non-hydrogen) atoms. The second-order valence-corrected chi connectivity index (χ2v) is 6.15. The number of thiophene rings is 1. The van der Waals surface area contributed by atoms with Crippen molar-refractivity contribution in [3.05, 3.63) is 57.3 Å². The van der Waals surface area contributed by atoms with Gasteiger partial charge in [-0.1, -0.05) is 24.3 Å². The van der Waals surface area contributed by atoms with E-state index in [4.69, 9.17) is 0 Å². The fourth-order valence-electron chi connectivity index (χ4n) is 1.94. The summed E-state index contributed by atoms with van der Waals surface area (Å²) in [5.74, 6) is -0.764. The summed E-state index contributed by atoms with van der Waals surface area (Å²) in [6.07, 6.45) is 0. The molecule has 6 nitrogen and oxygen atoms in total. The summed E-state index contributed by atoms with van der Waals surface area (Å²) in [6, 6.07) is 10.8. The SMILES string of the molecule is COC(=O)c1ccc(C(=O)NCc2ccc(CNC(C)=O)cc2)s1. The maximum absolute atomic E-state index is 12.1. The molecule has 1 aromatic heterocycles. The Morgan fingerprint density at radius 1 is 0.917 bits per heavy atom. The Morgan fingerprint density at radius 2 is 1.46 bits per heavy atom. The van der Waals surface area contributed by atoms with Gasteiger partial charge in [-0.15, -0.1) is 11.3 Å². The average molecular weight is 346 g/mol. The van der Waals surface area contributed by atoms with Crippen molar-refractivity contribution in [2.24, 2.45) is 0 Å². The maximum atomic E-state index is 12.1. The predicted octanol–water partition coefficient (Wildman–Crippen LogP) is 2.10. The molecule has 0 aliphatic carbocycles. The third kappa shape index (κ3) is 4.92. The van der Waals surface area contributed by atoms with E-state index in [0.717, 1.165) is 22.5 Å². The van der Waals surface area contributed by atoms with Crippen molar-refractivity contribution in [1.82, 2.24) is 10.6 Å². The van der Waals surface area contributed by atoms with E-state index < -0.39 is 5.97 Å². The summed E-state index contributed by atoms with van der Waals surface area (Å²) in [5.41, 5.74) is 1.93. The standard InChI is InChI=1S/C17H18N2O4S/c1-11(20)18-9-12-3-5-13(6-4-12)10-19-16(21)14-7-8-15(24-14)17(22)23-2/h3-8H,9-10H2,1-2H3,(H,18,20)(H,19,21). The lowest BCUT2D eigenvalue weighted by molar-refractivity contribution is -0.119. The van der Waals surface area contributed by atoms with E-state index in [1.54, 1.807) is 12.1 Å². The number of nitrogens with one attached hydrogen (secondary N) is 2. The zero-order valence-electron chi connectivity index (χ0n) is 13.4. The molecule has 0 atom stereocenters. The summed E-state index contributed by atoms with van der Waals surface area (Å²) >= 11 is 1.09. The summed E-state index contributed by atoms with van der Waals surface area (Å²) in [4.78, 5) is 35.2. The third-order valence-corrected chi connectivity index (χ3v) is 4.30. The lowest BCUT2D eigenvalue weighted by Gasteiger charge is -2.06. The zero-order chi connectivity index (χ0) is 17.5. The zero-order valence-corrected chi connectivity index (χ0v) is 14.2. The van der Waals surface area contributed by atoms with Gasteiger partial charge in [0.2, 0.25) is 5.91 Å². The first-order valence-corrected chi connectivity index (χ1v) is 8.10. The summed E-state index contributed by atoms with van der Waals surface area (Å²) in [7, 11) is 1.30. The molecule has 2 aromatic rings. The third-order valence-electron chi connectivity index (χ3n) is 3.23. The average Bonchev–Trinajstić information content (AvgIpc) is 3.08. The minimum Gasteiger partial charge on any atom is -0.465 e. The molecule has 1 aromatic carbocycles. The molecule has 7 heteroatoms. The fraction of sp³-hybridized carbons (Fsp3) is 0.235. The van der Waals surface area contributed by atoms with E-state index in [1.165, 1.54) is 14.0 Å². The number of hydrogen-bond donors (Lipinski definition) is 2. The lowest BCUT2D eigenvalue weighted by atomic mass is 10.1. The summed E-state index contributed by atoms with van der Waals surface area (Å²) < 4.78 is 4.62. The number of esters is 1. The highest BCUT2D eigenvalue weighted by Crippen LogP contribution is 2.17. The van der Waals surface area contributed by atoms with Gasteiger partial charge in [-0.05, 0) is 23.3 Å². The first kappa shape index (κ1) is 17.7. The van der Waals surface area contributed by atoms with Crippen molar-refractivity contribution in [3.63, 3.8) is 0 Å². The van der Waals surface area contributed by atoms with Gasteiger partial charge in [0.25, 0.3) is 5.91 Å². The van der Waals surface area contributed by atoms with Crippen LogP contribution in [0, 0.1) is 0 Å². The number of benzene rings is 1. The molecule has 0 fully saturated rings. The van der Waals surface area contributed by atoms with Crippen LogP contribution < -0.4 is 10.6 Å². The van der Waals surface area contributed by atoms with Crippen LogP contribution in [0.2, 0.25) is 0 Å². The molecule has 0 aliphatic heterocycles. The molecule has 2 amide bonds. The van der Waals surface area contributed by atoms with E-state index in [2.05, 4.69) is 15.4 Å². The van der Waals surface area contributed by atoms with Gasteiger partial charge in [0.05, 0.1) is 12.0 Å². The van der Waals surface area contributed by atoms with E-state index in [9.17, 15) is 14.4 Å². The topological polar surface area (TPSA) is 84.5 Å². The van der Waals surface area contributed by atoms with Gasteiger partial charge in [-0.2, -0.15) is 0 Å². The number of methoxy groups -OCH3 is 1. The smallest absolute Gasteiger partial charge is 0.348 e. The van der Waals surface area contributed by atoms with Gasteiger partial charge in [-0.25, -0.2) is 4.79 Å². The summed E-state index contributed by atoms with van der Waals surface area (Å²) in [6.45, 7) is 2.33. The monoisotopic (exact) mass is 346 g/mol. The molecule has 2 N–H and O–H groups in total. The molecule has 0 saturated carbocycles. The van der Waals surface area contributed by atoms with Crippen LogP contribution >= 0.6 is 11.3 Å². The van der Waals surface area contributed by atoms with Crippen LogP contribution in [0.25, 0.3) is 0 Å².